The summed E-state index contributed by atoms with van der Waals surface area (Å²) in [4.78, 5) is 2.07. The van der Waals surface area contributed by atoms with Crippen molar-refractivity contribution < 1.29 is 4.74 Å². The number of hydrogen-bond acceptors (Lipinski definition) is 3. The van der Waals surface area contributed by atoms with Gasteiger partial charge in [-0.15, -0.1) is 0 Å². The Kier molecular flexibility index (Phi) is 5.30. The molecule has 0 spiro atoms. The second-order valence-corrected chi connectivity index (χ2v) is 4.34. The van der Waals surface area contributed by atoms with Gasteiger partial charge < -0.3 is 9.64 Å². The summed E-state index contributed by atoms with van der Waals surface area (Å²) in [5, 5.41) is 8.87. The van der Waals surface area contributed by atoms with Crippen LogP contribution in [0.4, 0.5) is 5.69 Å². The number of ether oxygens (including phenoxy) is 1. The summed E-state index contributed by atoms with van der Waals surface area (Å²) in [6.07, 6.45) is 0. The molecule has 0 atom stereocenters. The van der Waals surface area contributed by atoms with Gasteiger partial charge in [-0.3, -0.25) is 0 Å². The summed E-state index contributed by atoms with van der Waals surface area (Å²) in [7, 11) is 1.99. The van der Waals surface area contributed by atoms with Crippen LogP contribution < -0.4 is 4.90 Å². The summed E-state index contributed by atoms with van der Waals surface area (Å²) in [6.45, 7) is 4.22. The summed E-state index contributed by atoms with van der Waals surface area (Å²) >= 11 is 3.39. The summed E-state index contributed by atoms with van der Waals surface area (Å²) in [5.41, 5.74) is 1.68. The molecule has 0 aliphatic rings. The van der Waals surface area contributed by atoms with Gasteiger partial charge in [0.15, 0.2) is 0 Å². The van der Waals surface area contributed by atoms with Crippen molar-refractivity contribution in [1.29, 1.82) is 5.26 Å². The van der Waals surface area contributed by atoms with E-state index in [1.54, 1.807) is 6.07 Å². The lowest BCUT2D eigenvalue weighted by Gasteiger charge is -2.19. The van der Waals surface area contributed by atoms with Crippen LogP contribution in [0.5, 0.6) is 0 Å². The van der Waals surface area contributed by atoms with Crippen LogP contribution in [0.15, 0.2) is 22.7 Å². The first-order valence-corrected chi connectivity index (χ1v) is 5.96. The second kappa shape index (κ2) is 6.51. The number of halogens is 1. The van der Waals surface area contributed by atoms with Crippen molar-refractivity contribution in [1.82, 2.24) is 0 Å². The molecule has 0 aliphatic heterocycles. The minimum atomic E-state index is 0.660. The fourth-order valence-corrected chi connectivity index (χ4v) is 1.82. The van der Waals surface area contributed by atoms with E-state index in [4.69, 9.17) is 10.00 Å². The van der Waals surface area contributed by atoms with E-state index in [-0.39, 0.29) is 0 Å². The highest BCUT2D eigenvalue weighted by Crippen LogP contribution is 2.21. The minimum Gasteiger partial charge on any atom is -0.380 e. The molecule has 3 nitrogen and oxygen atoms in total. The zero-order valence-electron chi connectivity index (χ0n) is 9.53. The molecule has 0 unspecified atom stereocenters. The van der Waals surface area contributed by atoms with E-state index in [2.05, 4.69) is 26.9 Å². The van der Waals surface area contributed by atoms with Crippen LogP contribution in [0.1, 0.15) is 12.5 Å². The molecule has 0 fully saturated rings. The first-order chi connectivity index (χ1) is 7.67. The fraction of sp³-hybridized carbons (Fsp3) is 0.417. The largest absolute Gasteiger partial charge is 0.380 e. The quantitative estimate of drug-likeness (QED) is 0.780. The van der Waals surface area contributed by atoms with Gasteiger partial charge in [-0.2, -0.15) is 5.26 Å². The van der Waals surface area contributed by atoms with Crippen LogP contribution in [0.3, 0.4) is 0 Å². The number of nitrogens with zero attached hydrogens (tertiary/aromatic N) is 2. The molecule has 0 saturated heterocycles. The lowest BCUT2D eigenvalue weighted by molar-refractivity contribution is 0.154. The van der Waals surface area contributed by atoms with Gasteiger partial charge in [0.25, 0.3) is 0 Å². The monoisotopic (exact) mass is 282 g/mol. The molecular weight excluding hydrogens is 268 g/mol. The maximum atomic E-state index is 8.87. The van der Waals surface area contributed by atoms with Gasteiger partial charge in [-0.1, -0.05) is 15.9 Å². The number of anilines is 1. The van der Waals surface area contributed by atoms with Crippen LogP contribution in [-0.2, 0) is 4.74 Å². The second-order valence-electron chi connectivity index (χ2n) is 3.43. The number of likely N-dealkylation sites (N-methyl/N-ethyl adjacent to an activating group) is 1. The van der Waals surface area contributed by atoms with E-state index in [0.29, 0.717) is 12.2 Å². The molecule has 1 rings (SSSR count). The third-order valence-corrected chi connectivity index (χ3v) is 2.69. The van der Waals surface area contributed by atoms with Crippen molar-refractivity contribution in [2.24, 2.45) is 0 Å². The van der Waals surface area contributed by atoms with Crippen molar-refractivity contribution in [3.8, 4) is 6.07 Å². The highest BCUT2D eigenvalue weighted by atomic mass is 79.9. The normalized spacial score (nSPS) is 9.88. The van der Waals surface area contributed by atoms with Gasteiger partial charge >= 0.3 is 0 Å². The lowest BCUT2D eigenvalue weighted by atomic mass is 10.2. The predicted molar refractivity (Wildman–Crippen MR) is 68.6 cm³/mol. The van der Waals surface area contributed by atoms with Crippen LogP contribution in [0.25, 0.3) is 0 Å². The molecule has 0 radical (unpaired) electrons. The highest BCUT2D eigenvalue weighted by molar-refractivity contribution is 9.10. The van der Waals surface area contributed by atoms with Gasteiger partial charge in [0.1, 0.15) is 0 Å². The SMILES string of the molecule is CCOCCN(C)c1cc(Br)cc(C#N)c1. The van der Waals surface area contributed by atoms with Gasteiger partial charge in [-0.05, 0) is 25.1 Å². The Labute approximate surface area is 105 Å². The number of rotatable bonds is 5. The Morgan fingerprint density at radius 3 is 2.81 bits per heavy atom. The molecule has 0 N–H and O–H groups in total. The van der Waals surface area contributed by atoms with Gasteiger partial charge in [0.2, 0.25) is 0 Å². The molecule has 0 saturated carbocycles. The molecule has 86 valence electrons. The van der Waals surface area contributed by atoms with Crippen LogP contribution >= 0.6 is 15.9 Å². The lowest BCUT2D eigenvalue weighted by Crippen LogP contribution is -2.22. The maximum absolute atomic E-state index is 8.87. The third-order valence-electron chi connectivity index (χ3n) is 2.23. The number of hydrogen-bond donors (Lipinski definition) is 0. The van der Waals surface area contributed by atoms with E-state index in [1.807, 2.05) is 26.1 Å². The zero-order chi connectivity index (χ0) is 12.0. The molecule has 0 amide bonds. The molecule has 16 heavy (non-hydrogen) atoms. The average Bonchev–Trinajstić information content (AvgIpc) is 2.28. The van der Waals surface area contributed by atoms with Gasteiger partial charge in [0, 0.05) is 30.4 Å². The Morgan fingerprint density at radius 2 is 2.19 bits per heavy atom. The van der Waals surface area contributed by atoms with Crippen LogP contribution in [0, 0.1) is 11.3 Å². The maximum Gasteiger partial charge on any atom is 0.0992 e. The Bertz CT molecular complexity index is 387. The van der Waals surface area contributed by atoms with Crippen molar-refractivity contribution in [3.63, 3.8) is 0 Å². The zero-order valence-corrected chi connectivity index (χ0v) is 11.1. The highest BCUT2D eigenvalue weighted by Gasteiger charge is 2.03. The Hall–Kier alpha value is -1.05. The van der Waals surface area contributed by atoms with Crippen molar-refractivity contribution >= 4 is 21.6 Å². The summed E-state index contributed by atoms with van der Waals surface area (Å²) < 4.78 is 6.22. The van der Waals surface area contributed by atoms with Gasteiger partial charge in [-0.25, -0.2) is 0 Å². The summed E-state index contributed by atoms with van der Waals surface area (Å²) in [6, 6.07) is 7.81. The molecule has 1 aromatic carbocycles. The Morgan fingerprint density at radius 1 is 1.44 bits per heavy atom. The van der Waals surface area contributed by atoms with Crippen molar-refractivity contribution in [2.45, 2.75) is 6.92 Å². The van der Waals surface area contributed by atoms with E-state index in [0.717, 1.165) is 23.3 Å². The number of nitriles is 1. The van der Waals surface area contributed by atoms with Crippen LogP contribution in [0.2, 0.25) is 0 Å². The van der Waals surface area contributed by atoms with Crippen molar-refractivity contribution in [2.75, 3.05) is 31.7 Å². The van der Waals surface area contributed by atoms with E-state index in [9.17, 15) is 0 Å². The first-order valence-electron chi connectivity index (χ1n) is 5.17. The smallest absolute Gasteiger partial charge is 0.0992 e. The molecule has 1 aromatic rings. The average molecular weight is 283 g/mol. The molecule has 0 aromatic heterocycles. The number of benzene rings is 1. The molecule has 0 heterocycles. The third kappa shape index (κ3) is 3.84. The van der Waals surface area contributed by atoms with Gasteiger partial charge in [0.05, 0.1) is 18.2 Å². The molecular formula is C12H15BrN2O. The van der Waals surface area contributed by atoms with E-state index in [1.165, 1.54) is 0 Å². The first kappa shape index (κ1) is 13.0. The van der Waals surface area contributed by atoms with E-state index < -0.39 is 0 Å². The summed E-state index contributed by atoms with van der Waals surface area (Å²) in [5.74, 6) is 0. The van der Waals surface area contributed by atoms with E-state index >= 15 is 0 Å². The Balaban J connectivity index is 2.71. The standard InChI is InChI=1S/C12H15BrN2O/c1-3-16-5-4-15(2)12-7-10(9-14)6-11(13)8-12/h6-8H,3-5H2,1-2H3. The topological polar surface area (TPSA) is 36.3 Å². The molecule has 4 heteroatoms. The molecule has 0 bridgehead atoms. The molecule has 0 aliphatic carbocycles. The van der Waals surface area contributed by atoms with Crippen molar-refractivity contribution in [3.05, 3.63) is 28.2 Å². The predicted octanol–water partition coefficient (Wildman–Crippen LogP) is 2.79. The van der Waals surface area contributed by atoms with Crippen LogP contribution in [-0.4, -0.2) is 26.8 Å². The minimum absolute atomic E-state index is 0.660. The fourth-order valence-electron chi connectivity index (χ4n) is 1.33.